The molecule has 1 N–H and O–H groups in total. The van der Waals surface area contributed by atoms with E-state index in [1.165, 1.54) is 0 Å². The number of imidazole rings is 1. The Morgan fingerprint density at radius 1 is 1.19 bits per heavy atom. The molecule has 146 valence electrons. The summed E-state index contributed by atoms with van der Waals surface area (Å²) in [5, 5.41) is 3.07. The molecule has 0 aliphatic rings. The van der Waals surface area contributed by atoms with Crippen LogP contribution in [0.3, 0.4) is 0 Å². The lowest BCUT2D eigenvalue weighted by Crippen LogP contribution is -2.33. The number of nitrogens with one attached hydrogen (secondary N) is 1. The number of carbonyl (C=O) groups is 1. The molecule has 0 spiro atoms. The average Bonchev–Trinajstić information content (AvgIpc) is 3.07. The summed E-state index contributed by atoms with van der Waals surface area (Å²) in [7, 11) is 3.72. The van der Waals surface area contributed by atoms with E-state index in [-0.39, 0.29) is 30.7 Å². The maximum Gasteiger partial charge on any atom is 0.254 e. The Bertz CT molecular complexity index is 839. The van der Waals surface area contributed by atoms with Gasteiger partial charge in [0.25, 0.3) is 5.91 Å². The number of fused-ring (bicyclic) bond motifs is 1. The molecule has 0 unspecified atom stereocenters. The van der Waals surface area contributed by atoms with Crippen molar-refractivity contribution in [3.05, 3.63) is 66.1 Å². The van der Waals surface area contributed by atoms with Gasteiger partial charge in [-0.3, -0.25) is 4.79 Å². The van der Waals surface area contributed by atoms with Crippen molar-refractivity contribution in [2.45, 2.75) is 10.6 Å². The molecule has 2 aromatic heterocycles. The van der Waals surface area contributed by atoms with Crippen molar-refractivity contribution in [3.63, 3.8) is 0 Å². The number of halogens is 2. The van der Waals surface area contributed by atoms with Crippen LogP contribution in [0.25, 0.3) is 5.65 Å². The standard InChI is InChI=1S/C19H22N4OS.2ClH/c1-20-10-12-22(2)19(24)16-7-3-4-8-17(16)25-14-15-13-23-11-6-5-9-18(23)21-15;;/h3-9,11,13,20H,10,12,14H2,1-2H3;2*1H. The number of pyridine rings is 1. The minimum atomic E-state index is 0. The number of hydrogen-bond acceptors (Lipinski definition) is 4. The van der Waals surface area contributed by atoms with Gasteiger partial charge in [-0.15, -0.1) is 36.6 Å². The lowest BCUT2D eigenvalue weighted by Gasteiger charge is -2.18. The van der Waals surface area contributed by atoms with Gasteiger partial charge in [-0.25, -0.2) is 4.98 Å². The van der Waals surface area contributed by atoms with Gasteiger partial charge in [0.2, 0.25) is 0 Å². The highest BCUT2D eigenvalue weighted by Crippen LogP contribution is 2.27. The predicted molar refractivity (Wildman–Crippen MR) is 117 cm³/mol. The van der Waals surface area contributed by atoms with Crippen molar-refractivity contribution in [1.29, 1.82) is 0 Å². The second-order valence-electron chi connectivity index (χ2n) is 5.81. The monoisotopic (exact) mass is 426 g/mol. The molecule has 0 fully saturated rings. The number of rotatable bonds is 7. The van der Waals surface area contributed by atoms with E-state index in [2.05, 4.69) is 10.3 Å². The molecule has 0 saturated carbocycles. The molecule has 0 bridgehead atoms. The van der Waals surface area contributed by atoms with Crippen molar-refractivity contribution in [3.8, 4) is 0 Å². The molecular weight excluding hydrogens is 403 g/mol. The van der Waals surface area contributed by atoms with E-state index >= 15 is 0 Å². The SMILES string of the molecule is CNCCN(C)C(=O)c1ccccc1SCc1cn2ccccc2n1.Cl.Cl. The highest BCUT2D eigenvalue weighted by atomic mass is 35.5. The summed E-state index contributed by atoms with van der Waals surface area (Å²) in [5.41, 5.74) is 2.69. The normalized spacial score (nSPS) is 10.1. The highest BCUT2D eigenvalue weighted by molar-refractivity contribution is 7.98. The Balaban J connectivity index is 0.00000182. The molecule has 0 radical (unpaired) electrons. The average molecular weight is 427 g/mol. The first kappa shape index (κ1) is 23.3. The number of thioether (sulfide) groups is 1. The van der Waals surface area contributed by atoms with Gasteiger partial charge in [0.05, 0.1) is 11.3 Å². The minimum absolute atomic E-state index is 0. The zero-order valence-electron chi connectivity index (χ0n) is 15.3. The van der Waals surface area contributed by atoms with Crippen LogP contribution in [0, 0.1) is 0 Å². The number of amides is 1. The molecule has 2 heterocycles. The summed E-state index contributed by atoms with van der Waals surface area (Å²) in [6.45, 7) is 1.46. The summed E-state index contributed by atoms with van der Waals surface area (Å²) in [4.78, 5) is 20.0. The van der Waals surface area contributed by atoms with Crippen LogP contribution < -0.4 is 5.32 Å². The Morgan fingerprint density at radius 3 is 2.67 bits per heavy atom. The van der Waals surface area contributed by atoms with Gasteiger partial charge in [-0.2, -0.15) is 0 Å². The van der Waals surface area contributed by atoms with Gasteiger partial charge in [0.1, 0.15) is 5.65 Å². The van der Waals surface area contributed by atoms with Gasteiger partial charge in [-0.05, 0) is 31.3 Å². The summed E-state index contributed by atoms with van der Waals surface area (Å²) in [6.07, 6.45) is 4.02. The molecule has 0 saturated heterocycles. The van der Waals surface area contributed by atoms with Crippen molar-refractivity contribution in [2.75, 3.05) is 27.2 Å². The zero-order valence-corrected chi connectivity index (χ0v) is 17.7. The van der Waals surface area contributed by atoms with Crippen molar-refractivity contribution < 1.29 is 4.79 Å². The van der Waals surface area contributed by atoms with Crippen LogP contribution in [0.2, 0.25) is 0 Å². The fourth-order valence-corrected chi connectivity index (χ4v) is 3.49. The van der Waals surface area contributed by atoms with Gasteiger partial charge in [0, 0.05) is 43.2 Å². The summed E-state index contributed by atoms with van der Waals surface area (Å²) < 4.78 is 2.01. The first-order valence-electron chi connectivity index (χ1n) is 8.23. The van der Waals surface area contributed by atoms with E-state index in [0.29, 0.717) is 6.54 Å². The van der Waals surface area contributed by atoms with E-state index in [9.17, 15) is 4.79 Å². The lowest BCUT2D eigenvalue weighted by molar-refractivity contribution is 0.0793. The van der Waals surface area contributed by atoms with Crippen molar-refractivity contribution in [1.82, 2.24) is 19.6 Å². The van der Waals surface area contributed by atoms with Gasteiger partial charge in [0.15, 0.2) is 0 Å². The molecule has 27 heavy (non-hydrogen) atoms. The van der Waals surface area contributed by atoms with Crippen LogP contribution in [0.1, 0.15) is 16.1 Å². The number of carbonyl (C=O) groups excluding carboxylic acids is 1. The van der Waals surface area contributed by atoms with E-state index in [0.717, 1.165) is 34.1 Å². The topological polar surface area (TPSA) is 49.6 Å². The Kier molecular flexibility index (Phi) is 9.66. The van der Waals surface area contributed by atoms with Crippen molar-refractivity contribution in [2.24, 2.45) is 0 Å². The highest BCUT2D eigenvalue weighted by Gasteiger charge is 2.15. The van der Waals surface area contributed by atoms with Crippen LogP contribution >= 0.6 is 36.6 Å². The third-order valence-corrected chi connectivity index (χ3v) is 5.06. The number of nitrogens with zero attached hydrogens (tertiary/aromatic N) is 3. The van der Waals surface area contributed by atoms with Crippen LogP contribution in [-0.2, 0) is 5.75 Å². The minimum Gasteiger partial charge on any atom is -0.340 e. The molecule has 1 amide bonds. The first-order valence-corrected chi connectivity index (χ1v) is 9.22. The summed E-state index contributed by atoms with van der Waals surface area (Å²) in [5.74, 6) is 0.778. The predicted octanol–water partition coefficient (Wildman–Crippen LogP) is 3.76. The molecule has 5 nitrogen and oxygen atoms in total. The zero-order chi connectivity index (χ0) is 17.6. The Morgan fingerprint density at radius 2 is 1.93 bits per heavy atom. The van der Waals surface area contributed by atoms with Gasteiger partial charge < -0.3 is 14.6 Å². The van der Waals surface area contributed by atoms with Crippen LogP contribution in [-0.4, -0.2) is 47.4 Å². The van der Waals surface area contributed by atoms with E-state index in [1.54, 1.807) is 16.7 Å². The van der Waals surface area contributed by atoms with Gasteiger partial charge in [-0.1, -0.05) is 18.2 Å². The molecule has 3 rings (SSSR count). The van der Waals surface area contributed by atoms with Crippen LogP contribution in [0.4, 0.5) is 0 Å². The fourth-order valence-electron chi connectivity index (χ4n) is 2.56. The maximum atomic E-state index is 12.7. The molecule has 0 aliphatic heterocycles. The molecule has 8 heteroatoms. The maximum absolute atomic E-state index is 12.7. The summed E-state index contributed by atoms with van der Waals surface area (Å²) >= 11 is 1.65. The molecule has 0 atom stereocenters. The molecule has 0 aliphatic carbocycles. The third-order valence-electron chi connectivity index (χ3n) is 3.95. The van der Waals surface area contributed by atoms with Gasteiger partial charge >= 0.3 is 0 Å². The third kappa shape index (κ3) is 5.87. The lowest BCUT2D eigenvalue weighted by atomic mass is 10.2. The van der Waals surface area contributed by atoms with Crippen molar-refractivity contribution >= 4 is 48.1 Å². The number of hydrogen-bond donors (Lipinski definition) is 1. The fraction of sp³-hybridized carbons (Fsp3) is 0.263. The number of aromatic nitrogens is 2. The van der Waals surface area contributed by atoms with E-state index in [1.807, 2.05) is 73.4 Å². The quantitative estimate of drug-likeness (QED) is 0.584. The Labute approximate surface area is 176 Å². The van der Waals surface area contributed by atoms with Crippen LogP contribution in [0.5, 0.6) is 0 Å². The van der Waals surface area contributed by atoms with E-state index in [4.69, 9.17) is 0 Å². The second kappa shape index (κ2) is 11.2. The summed E-state index contributed by atoms with van der Waals surface area (Å²) in [6, 6.07) is 13.7. The second-order valence-corrected chi connectivity index (χ2v) is 6.83. The largest absolute Gasteiger partial charge is 0.340 e. The van der Waals surface area contributed by atoms with E-state index < -0.39 is 0 Å². The molecule has 3 aromatic rings. The molecular formula is C19H24Cl2N4OS. The van der Waals surface area contributed by atoms with Crippen LogP contribution in [0.15, 0.2) is 59.8 Å². The smallest absolute Gasteiger partial charge is 0.254 e. The Hall–Kier alpha value is -1.73. The number of benzene rings is 1. The molecule has 1 aromatic carbocycles. The number of likely N-dealkylation sites (N-methyl/N-ethyl adjacent to an activating group) is 2. The first-order chi connectivity index (χ1) is 12.2.